The molecule has 3 aromatic rings. The van der Waals surface area contributed by atoms with Crippen molar-refractivity contribution in [3.8, 4) is 11.7 Å². The van der Waals surface area contributed by atoms with Crippen LogP contribution in [0.3, 0.4) is 0 Å². The first kappa shape index (κ1) is 12.6. The van der Waals surface area contributed by atoms with Gasteiger partial charge in [-0.2, -0.15) is 4.68 Å². The molecule has 0 saturated heterocycles. The maximum absolute atomic E-state index is 12.0. The zero-order valence-electron chi connectivity index (χ0n) is 12.9. The number of aromatic nitrogens is 9. The van der Waals surface area contributed by atoms with Gasteiger partial charge in [0.05, 0.1) is 11.3 Å². The predicted octanol–water partition coefficient (Wildman–Crippen LogP) is -0.984. The summed E-state index contributed by atoms with van der Waals surface area (Å²) in [5.74, 6) is 0.483. The minimum atomic E-state index is -0.454. The van der Waals surface area contributed by atoms with Crippen molar-refractivity contribution < 1.29 is 6.15 Å². The molecule has 3 rings (SSSR count). The van der Waals surface area contributed by atoms with Gasteiger partial charge in [0, 0.05) is 19.3 Å². The fourth-order valence-electron chi connectivity index (χ4n) is 1.86. The largest absolute Gasteiger partial charge is 0.472 e. The van der Waals surface area contributed by atoms with Gasteiger partial charge in [-0.15, -0.1) is 20.0 Å². The minimum absolute atomic E-state index is 0.0566. The summed E-state index contributed by atoms with van der Waals surface area (Å²) in [6.45, 7) is 1.95. The fraction of sp³-hybridized carbons (Fsp3) is 0.364. The first-order valence-corrected chi connectivity index (χ1v) is 6.48. The highest BCUT2D eigenvalue weighted by atomic mass is 16.5. The Hall–Kier alpha value is -3.11. The van der Waals surface area contributed by atoms with Gasteiger partial charge in [0.1, 0.15) is 6.61 Å². The smallest absolute Gasteiger partial charge is 0.369 e. The highest BCUT2D eigenvalue weighted by molar-refractivity contribution is 5.34. The summed E-state index contributed by atoms with van der Waals surface area (Å²) < 4.78 is 15.0. The third-order valence-electron chi connectivity index (χ3n) is 2.98. The van der Waals surface area contributed by atoms with Crippen LogP contribution in [0, 0.1) is 0 Å². The molecule has 3 aromatic heterocycles. The van der Waals surface area contributed by atoms with Crippen molar-refractivity contribution >= 4 is 0 Å². The van der Waals surface area contributed by atoms with Crippen LogP contribution in [0.2, 0.25) is 1.41 Å². The third kappa shape index (κ3) is 2.43. The Kier molecular flexibility index (Phi) is 3.28. The lowest BCUT2D eigenvalue weighted by molar-refractivity contribution is 0.289. The molecule has 0 aromatic carbocycles. The van der Waals surface area contributed by atoms with Crippen molar-refractivity contribution in [1.82, 2.24) is 45.4 Å². The molecule has 0 aliphatic rings. The van der Waals surface area contributed by atoms with Gasteiger partial charge >= 0.3 is 5.69 Å². The molecule has 114 valence electrons. The predicted molar refractivity (Wildman–Crippen MR) is 72.3 cm³/mol. The third-order valence-corrected chi connectivity index (χ3v) is 2.98. The second-order valence-electron chi connectivity index (χ2n) is 4.35. The summed E-state index contributed by atoms with van der Waals surface area (Å²) in [6.07, 6.45) is 2.01. The Morgan fingerprint density at radius 1 is 1.41 bits per heavy atom. The van der Waals surface area contributed by atoms with Crippen molar-refractivity contribution in [3.05, 3.63) is 34.0 Å². The van der Waals surface area contributed by atoms with Crippen molar-refractivity contribution in [2.75, 3.05) is 0 Å². The standard InChI is InChI=1S/C11H13N9O2/c1-3-8-7(6-22-9-4-5-12-14-9)10(15-16-13-8)20-11(21)19(2)17-18-20/h4-5H,3,6H2,1-2H3,(H,12,14)/i/hT. The van der Waals surface area contributed by atoms with Gasteiger partial charge in [-0.1, -0.05) is 6.92 Å². The van der Waals surface area contributed by atoms with Gasteiger partial charge in [0.15, 0.2) is 7.23 Å². The maximum atomic E-state index is 12.0. The zero-order valence-corrected chi connectivity index (χ0v) is 11.9. The zero-order chi connectivity index (χ0) is 16.4. The van der Waals surface area contributed by atoms with Crippen molar-refractivity contribution in [2.24, 2.45) is 7.05 Å². The Bertz CT molecular complexity index is 884. The molecule has 0 aliphatic carbocycles. The first-order chi connectivity index (χ1) is 11.1. The summed E-state index contributed by atoms with van der Waals surface area (Å²) in [5.41, 5.74) is 0.728. The molecule has 1 N–H and O–H groups in total. The molecule has 0 amide bonds. The van der Waals surface area contributed by atoms with E-state index in [2.05, 4.69) is 30.9 Å². The number of nitrogens with zero attached hydrogens (tertiary/aromatic N) is 8. The lowest BCUT2D eigenvalue weighted by atomic mass is 10.2. The van der Waals surface area contributed by atoms with E-state index in [1.807, 2.05) is 6.92 Å². The maximum Gasteiger partial charge on any atom is 0.369 e. The quantitative estimate of drug-likeness (QED) is 0.636. The van der Waals surface area contributed by atoms with E-state index < -0.39 is 5.69 Å². The molecule has 11 heteroatoms. The van der Waals surface area contributed by atoms with Crippen LogP contribution in [0.4, 0.5) is 0 Å². The van der Waals surface area contributed by atoms with Gasteiger partial charge in [-0.3, -0.25) is 5.09 Å². The van der Waals surface area contributed by atoms with E-state index in [9.17, 15) is 4.79 Å². The van der Waals surface area contributed by atoms with Gasteiger partial charge in [-0.25, -0.2) is 4.79 Å². The van der Waals surface area contributed by atoms with Crippen LogP contribution in [-0.2, 0) is 20.1 Å². The molecule has 0 aliphatic heterocycles. The molecule has 0 saturated carbocycles. The second-order valence-corrected chi connectivity index (χ2v) is 4.35. The molecule has 0 spiro atoms. The van der Waals surface area contributed by atoms with Gasteiger partial charge in [0.25, 0.3) is 0 Å². The number of tetrazole rings is 1. The van der Waals surface area contributed by atoms with Crippen LogP contribution >= 0.6 is 0 Å². The topological polar surface area (TPSA) is 129 Å². The van der Waals surface area contributed by atoms with Crippen LogP contribution in [0.15, 0.2) is 17.1 Å². The van der Waals surface area contributed by atoms with Crippen LogP contribution in [0.1, 0.15) is 18.2 Å². The average molecular weight is 305 g/mol. The Labute approximate surface area is 125 Å². The molecule has 0 bridgehead atoms. The molecular formula is C11H13N9O2. The number of aromatic amines is 1. The number of ether oxygens (including phenoxy) is 1. The lowest BCUT2D eigenvalue weighted by Gasteiger charge is -2.09. The minimum Gasteiger partial charge on any atom is -0.472 e. The fourth-order valence-corrected chi connectivity index (χ4v) is 1.86. The molecule has 0 unspecified atom stereocenters. The van der Waals surface area contributed by atoms with Crippen LogP contribution in [0.5, 0.6) is 5.88 Å². The van der Waals surface area contributed by atoms with Crippen molar-refractivity contribution in [1.29, 1.82) is 0 Å². The van der Waals surface area contributed by atoms with Crippen molar-refractivity contribution in [2.45, 2.75) is 20.0 Å². The number of hydrogen-bond acceptors (Lipinski definition) is 8. The number of H-pyrrole nitrogens is 1. The van der Waals surface area contributed by atoms with Gasteiger partial charge in [0.2, 0.25) is 5.88 Å². The lowest BCUT2D eigenvalue weighted by Crippen LogP contribution is -2.25. The molecule has 0 atom stereocenters. The van der Waals surface area contributed by atoms with Gasteiger partial charge in [-0.05, 0) is 22.1 Å². The van der Waals surface area contributed by atoms with Crippen LogP contribution in [-0.4, -0.2) is 45.4 Å². The summed E-state index contributed by atoms with van der Waals surface area (Å²) in [6, 6.07) is 1.55. The van der Waals surface area contributed by atoms with Gasteiger partial charge < -0.3 is 4.74 Å². The molecule has 0 radical (unpaired) electrons. The van der Waals surface area contributed by atoms with E-state index in [0.29, 0.717) is 17.7 Å². The molecule has 11 nitrogen and oxygen atoms in total. The summed E-state index contributed by atoms with van der Waals surface area (Å²) in [7, 11) is 1.48. The summed E-state index contributed by atoms with van der Waals surface area (Å²) in [4.78, 5) is 12.0. The highest BCUT2D eigenvalue weighted by Gasteiger charge is 2.18. The van der Waals surface area contributed by atoms with E-state index in [1.54, 1.807) is 6.07 Å². The number of aryl methyl sites for hydroxylation is 2. The molecular weight excluding hydrogens is 290 g/mol. The van der Waals surface area contributed by atoms with Crippen molar-refractivity contribution in [3.63, 3.8) is 0 Å². The number of hydrogen-bond donors (Lipinski definition) is 1. The Morgan fingerprint density at radius 3 is 2.91 bits per heavy atom. The van der Waals surface area contributed by atoms with E-state index >= 15 is 0 Å². The molecule has 0 fully saturated rings. The summed E-state index contributed by atoms with van der Waals surface area (Å²) >= 11 is 0. The number of nitrogens with one attached hydrogen (secondary N) is 1. The molecule has 22 heavy (non-hydrogen) atoms. The normalized spacial score (nSPS) is 11.5. The Morgan fingerprint density at radius 2 is 2.27 bits per heavy atom. The SMILES string of the molecule is [3H]n1ccc(OCc2c(CC)nnnc2-n2nnn(C)c2=O)n1. The first-order valence-electron chi connectivity index (χ1n) is 6.93. The van der Waals surface area contributed by atoms with Crippen LogP contribution < -0.4 is 10.4 Å². The second kappa shape index (κ2) is 5.71. The van der Waals surface area contributed by atoms with E-state index in [1.165, 1.54) is 13.2 Å². The monoisotopic (exact) mass is 305 g/mol. The van der Waals surface area contributed by atoms with E-state index in [4.69, 9.17) is 6.15 Å². The van der Waals surface area contributed by atoms with Crippen LogP contribution in [0.25, 0.3) is 5.82 Å². The average Bonchev–Trinajstić information content (AvgIpc) is 3.11. The Balaban J connectivity index is 2.00. The van der Waals surface area contributed by atoms with E-state index in [0.717, 1.165) is 14.5 Å². The number of rotatable bonds is 5. The van der Waals surface area contributed by atoms with E-state index in [-0.39, 0.29) is 18.3 Å². The highest BCUT2D eigenvalue weighted by Crippen LogP contribution is 2.15. The molecule has 3 heterocycles. The summed E-state index contributed by atoms with van der Waals surface area (Å²) in [5, 5.41) is 23.6.